The Morgan fingerprint density at radius 1 is 1.67 bits per heavy atom. The highest BCUT2D eigenvalue weighted by atomic mass is 32.1. The molecule has 1 aliphatic rings. The van der Waals surface area contributed by atoms with Gasteiger partial charge in [-0.1, -0.05) is 6.07 Å². The van der Waals surface area contributed by atoms with E-state index in [9.17, 15) is 0 Å². The molecule has 0 spiro atoms. The van der Waals surface area contributed by atoms with Crippen molar-refractivity contribution in [1.82, 2.24) is 15.2 Å². The molecule has 6 heteroatoms. The minimum Gasteiger partial charge on any atom is -0.370 e. The van der Waals surface area contributed by atoms with Gasteiger partial charge < -0.3 is 11.1 Å². The number of guanidine groups is 1. The van der Waals surface area contributed by atoms with Gasteiger partial charge in [-0.15, -0.1) is 0 Å². The van der Waals surface area contributed by atoms with Crippen molar-refractivity contribution in [3.63, 3.8) is 0 Å². The number of nitrogens with two attached hydrogens (primary N) is 1. The van der Waals surface area contributed by atoms with Crippen LogP contribution in [0.4, 0.5) is 0 Å². The molecule has 0 unspecified atom stereocenters. The van der Waals surface area contributed by atoms with Gasteiger partial charge in [0.2, 0.25) is 0 Å². The molecule has 0 atom stereocenters. The van der Waals surface area contributed by atoms with Crippen molar-refractivity contribution in [2.75, 3.05) is 0 Å². The maximum atomic E-state index is 7.61. The monoisotopic (exact) mass is 263 g/mol. The second-order valence-corrected chi connectivity index (χ2v) is 4.85. The van der Waals surface area contributed by atoms with E-state index in [1.807, 2.05) is 19.1 Å². The number of hydrogen-bond donors (Lipinski definition) is 3. The molecule has 0 radical (unpaired) electrons. The quantitative estimate of drug-likeness (QED) is 0.433. The Morgan fingerprint density at radius 2 is 2.39 bits per heavy atom. The lowest BCUT2D eigenvalue weighted by molar-refractivity contribution is 0.562. The number of aryl methyl sites for hydroxylation is 1. The van der Waals surface area contributed by atoms with Crippen LogP contribution in [0.15, 0.2) is 18.3 Å². The topological polar surface area (TPSA) is 78.0 Å². The summed E-state index contributed by atoms with van der Waals surface area (Å²) in [7, 11) is 0. The fraction of sp³-hybridized carbons (Fsp3) is 0.417. The van der Waals surface area contributed by atoms with Crippen molar-refractivity contribution >= 4 is 23.3 Å². The molecular formula is C12H17N5S. The second kappa shape index (κ2) is 5.30. The maximum absolute atomic E-state index is 7.61. The second-order valence-electron chi connectivity index (χ2n) is 4.46. The molecule has 0 bridgehead atoms. The third-order valence-electron chi connectivity index (χ3n) is 2.87. The van der Waals surface area contributed by atoms with Gasteiger partial charge in [-0.25, -0.2) is 0 Å². The van der Waals surface area contributed by atoms with Crippen molar-refractivity contribution in [3.05, 3.63) is 29.6 Å². The van der Waals surface area contributed by atoms with Gasteiger partial charge in [0.05, 0.1) is 12.2 Å². The summed E-state index contributed by atoms with van der Waals surface area (Å²) in [6, 6.07) is 4.32. The maximum Gasteiger partial charge on any atom is 0.195 e. The molecule has 18 heavy (non-hydrogen) atoms. The number of aromatic nitrogens is 1. The van der Waals surface area contributed by atoms with Gasteiger partial charge in [-0.3, -0.25) is 15.3 Å². The first-order valence-electron chi connectivity index (χ1n) is 5.90. The van der Waals surface area contributed by atoms with Gasteiger partial charge in [-0.2, -0.15) is 0 Å². The van der Waals surface area contributed by atoms with E-state index in [1.54, 1.807) is 11.1 Å². The Morgan fingerprint density at radius 3 is 2.94 bits per heavy atom. The van der Waals surface area contributed by atoms with E-state index < -0.39 is 0 Å². The first-order valence-corrected chi connectivity index (χ1v) is 6.31. The molecule has 5 nitrogen and oxygen atoms in total. The van der Waals surface area contributed by atoms with Crippen LogP contribution in [-0.4, -0.2) is 27.0 Å². The Labute approximate surface area is 112 Å². The summed E-state index contributed by atoms with van der Waals surface area (Å²) in [5.74, 6) is -0.0572. The fourth-order valence-electron chi connectivity index (χ4n) is 1.58. The Kier molecular flexibility index (Phi) is 3.76. The molecule has 1 aliphatic carbocycles. The molecule has 1 aromatic heterocycles. The van der Waals surface area contributed by atoms with Gasteiger partial charge in [0, 0.05) is 12.2 Å². The van der Waals surface area contributed by atoms with Crippen LogP contribution < -0.4 is 11.1 Å². The van der Waals surface area contributed by atoms with E-state index in [-0.39, 0.29) is 5.96 Å². The molecule has 1 aromatic rings. The number of rotatable bonds is 3. The van der Waals surface area contributed by atoms with Crippen LogP contribution in [0.25, 0.3) is 0 Å². The highest BCUT2D eigenvalue weighted by Crippen LogP contribution is 2.19. The van der Waals surface area contributed by atoms with Gasteiger partial charge >= 0.3 is 0 Å². The lowest BCUT2D eigenvalue weighted by Gasteiger charge is -2.24. The Bertz CT molecular complexity index is 469. The van der Waals surface area contributed by atoms with Crippen LogP contribution in [0.3, 0.4) is 0 Å². The van der Waals surface area contributed by atoms with Crippen LogP contribution in [0.5, 0.6) is 0 Å². The van der Waals surface area contributed by atoms with Crippen LogP contribution >= 0.6 is 12.2 Å². The fourth-order valence-corrected chi connectivity index (χ4v) is 1.91. The largest absolute Gasteiger partial charge is 0.370 e. The summed E-state index contributed by atoms with van der Waals surface area (Å²) in [6.07, 6.45) is 4.00. The molecule has 1 fully saturated rings. The number of thiocarbonyl (C=S) groups is 1. The lowest BCUT2D eigenvalue weighted by Crippen LogP contribution is -2.47. The summed E-state index contributed by atoms with van der Waals surface area (Å²) >= 11 is 5.28. The van der Waals surface area contributed by atoms with Crippen molar-refractivity contribution in [2.24, 2.45) is 5.73 Å². The van der Waals surface area contributed by atoms with Crippen molar-refractivity contribution < 1.29 is 0 Å². The average Bonchev–Trinajstić information content (AvgIpc) is 3.11. The van der Waals surface area contributed by atoms with E-state index in [0.29, 0.717) is 17.7 Å². The summed E-state index contributed by atoms with van der Waals surface area (Å²) in [5, 5.41) is 11.3. The zero-order valence-corrected chi connectivity index (χ0v) is 11.1. The molecule has 0 amide bonds. The van der Waals surface area contributed by atoms with Gasteiger partial charge in [0.25, 0.3) is 0 Å². The van der Waals surface area contributed by atoms with Crippen LogP contribution in [-0.2, 0) is 6.54 Å². The molecule has 0 saturated heterocycles. The summed E-state index contributed by atoms with van der Waals surface area (Å²) in [4.78, 5) is 5.87. The van der Waals surface area contributed by atoms with Crippen LogP contribution in [0, 0.1) is 12.3 Å². The lowest BCUT2D eigenvalue weighted by atomic mass is 10.2. The summed E-state index contributed by atoms with van der Waals surface area (Å²) in [6.45, 7) is 2.42. The van der Waals surface area contributed by atoms with Gasteiger partial charge in [-0.05, 0) is 43.6 Å². The highest BCUT2D eigenvalue weighted by molar-refractivity contribution is 7.80. The SMILES string of the molecule is Cc1cccnc1CN(C(=N)N)C(=S)NC1CC1. The number of nitrogens with zero attached hydrogens (tertiary/aromatic N) is 2. The summed E-state index contributed by atoms with van der Waals surface area (Å²) < 4.78 is 0. The zero-order valence-electron chi connectivity index (χ0n) is 10.3. The van der Waals surface area contributed by atoms with E-state index in [1.165, 1.54) is 0 Å². The van der Waals surface area contributed by atoms with Crippen LogP contribution in [0.1, 0.15) is 24.1 Å². The molecule has 96 valence electrons. The van der Waals surface area contributed by atoms with E-state index in [2.05, 4.69) is 10.3 Å². The van der Waals surface area contributed by atoms with Crippen molar-refractivity contribution in [1.29, 1.82) is 5.41 Å². The Balaban J connectivity index is 2.08. The highest BCUT2D eigenvalue weighted by Gasteiger charge is 2.25. The van der Waals surface area contributed by atoms with E-state index in [4.69, 9.17) is 23.4 Å². The van der Waals surface area contributed by atoms with Crippen LogP contribution in [0.2, 0.25) is 0 Å². The molecule has 4 N–H and O–H groups in total. The normalized spacial score (nSPS) is 14.1. The molecule has 2 rings (SSSR count). The third-order valence-corrected chi connectivity index (χ3v) is 3.20. The first-order chi connectivity index (χ1) is 8.58. The van der Waals surface area contributed by atoms with Crippen molar-refractivity contribution in [3.8, 4) is 0 Å². The smallest absolute Gasteiger partial charge is 0.195 e. The van der Waals surface area contributed by atoms with E-state index >= 15 is 0 Å². The number of hydrogen-bond acceptors (Lipinski definition) is 3. The number of nitrogens with one attached hydrogen (secondary N) is 2. The van der Waals surface area contributed by atoms with Gasteiger partial charge in [0.15, 0.2) is 11.1 Å². The predicted molar refractivity (Wildman–Crippen MR) is 75.2 cm³/mol. The predicted octanol–water partition coefficient (Wildman–Crippen LogP) is 1.12. The minimum absolute atomic E-state index is 0.0572. The third kappa shape index (κ3) is 3.16. The Hall–Kier alpha value is -1.69. The van der Waals surface area contributed by atoms with Crippen molar-refractivity contribution in [2.45, 2.75) is 32.4 Å². The molecular weight excluding hydrogens is 246 g/mol. The number of pyridine rings is 1. The molecule has 1 heterocycles. The average molecular weight is 263 g/mol. The molecule has 1 saturated carbocycles. The summed E-state index contributed by atoms with van der Waals surface area (Å²) in [5.41, 5.74) is 7.54. The molecule has 0 aliphatic heterocycles. The zero-order chi connectivity index (χ0) is 13.1. The van der Waals surface area contributed by atoms with Gasteiger partial charge in [0.1, 0.15) is 0 Å². The van der Waals surface area contributed by atoms with E-state index in [0.717, 1.165) is 24.1 Å². The first kappa shape index (κ1) is 12.8. The minimum atomic E-state index is -0.0572. The molecule has 0 aromatic carbocycles. The standard InChI is InChI=1S/C12H17N5S/c1-8-3-2-6-15-10(8)7-17(11(13)14)12(18)16-9-4-5-9/h2-3,6,9H,4-5,7H2,1H3,(H3,13,14)(H,16,18).